The highest BCUT2D eigenvalue weighted by molar-refractivity contribution is 5.79. The van der Waals surface area contributed by atoms with Crippen LogP contribution in [0.15, 0.2) is 20.9 Å². The first-order chi connectivity index (χ1) is 8.56. The summed E-state index contributed by atoms with van der Waals surface area (Å²) in [7, 11) is 4.32. The Morgan fingerprint density at radius 3 is 2.72 bits per heavy atom. The zero-order chi connectivity index (χ0) is 13.3. The molecule has 0 aromatic carbocycles. The molecule has 0 saturated heterocycles. The maximum absolute atomic E-state index is 11.8. The van der Waals surface area contributed by atoms with Crippen LogP contribution in [0, 0.1) is 0 Å². The molecule has 18 heavy (non-hydrogen) atoms. The fraction of sp³-hybridized carbons (Fsp3) is 0.300. The smallest absolute Gasteiger partial charge is 0.332 e. The quantitative estimate of drug-likeness (QED) is 0.503. The van der Waals surface area contributed by atoms with Crippen molar-refractivity contribution in [1.82, 2.24) is 19.1 Å². The monoisotopic (exact) mass is 249 g/mol. The van der Waals surface area contributed by atoms with Crippen molar-refractivity contribution in [3.63, 3.8) is 0 Å². The molecule has 8 heteroatoms. The molecule has 0 aliphatic rings. The SMILES string of the molecule is CO/N=C/c1cnc2c(=O)n(C)c(=O)n(C)c2n1. The molecule has 8 nitrogen and oxygen atoms in total. The highest BCUT2D eigenvalue weighted by atomic mass is 16.6. The molecule has 0 saturated carbocycles. The predicted molar refractivity (Wildman–Crippen MR) is 64.6 cm³/mol. The summed E-state index contributed by atoms with van der Waals surface area (Å²) in [6.45, 7) is 0. The Balaban J connectivity index is 2.82. The predicted octanol–water partition coefficient (Wildman–Crippen LogP) is -0.992. The van der Waals surface area contributed by atoms with Crippen LogP contribution in [0.25, 0.3) is 11.2 Å². The third kappa shape index (κ3) is 1.77. The van der Waals surface area contributed by atoms with Gasteiger partial charge in [-0.25, -0.2) is 14.8 Å². The number of nitrogens with zero attached hydrogens (tertiary/aromatic N) is 5. The first-order valence-electron chi connectivity index (χ1n) is 5.05. The minimum atomic E-state index is -0.476. The average Bonchev–Trinajstić information content (AvgIpc) is 2.40. The second-order valence-corrected chi connectivity index (χ2v) is 3.59. The number of rotatable bonds is 2. The Kier molecular flexibility index (Phi) is 2.92. The second-order valence-electron chi connectivity index (χ2n) is 3.59. The number of fused-ring (bicyclic) bond motifs is 1. The van der Waals surface area contributed by atoms with Crippen molar-refractivity contribution in [1.29, 1.82) is 0 Å². The van der Waals surface area contributed by atoms with Gasteiger partial charge in [0.2, 0.25) is 0 Å². The van der Waals surface area contributed by atoms with Gasteiger partial charge in [0, 0.05) is 14.1 Å². The standard InChI is InChI=1S/C10H11N5O3/c1-14-8-7(9(16)15(2)10(14)17)11-4-6(13-8)5-12-18-3/h4-5H,1-3H3/b12-5+. The van der Waals surface area contributed by atoms with Crippen LogP contribution in [-0.4, -0.2) is 32.4 Å². The Hall–Kier alpha value is -2.51. The van der Waals surface area contributed by atoms with Gasteiger partial charge < -0.3 is 4.84 Å². The molecule has 2 aromatic rings. The molecule has 0 aliphatic heterocycles. The number of aromatic nitrogens is 4. The van der Waals surface area contributed by atoms with Crippen molar-refractivity contribution >= 4 is 17.4 Å². The van der Waals surface area contributed by atoms with Gasteiger partial charge in [-0.15, -0.1) is 0 Å². The Morgan fingerprint density at radius 2 is 2.06 bits per heavy atom. The summed E-state index contributed by atoms with van der Waals surface area (Å²) < 4.78 is 2.24. The number of aryl methyl sites for hydroxylation is 1. The fourth-order valence-electron chi connectivity index (χ4n) is 1.51. The van der Waals surface area contributed by atoms with E-state index in [0.29, 0.717) is 5.69 Å². The van der Waals surface area contributed by atoms with E-state index in [2.05, 4.69) is 20.0 Å². The van der Waals surface area contributed by atoms with E-state index in [-0.39, 0.29) is 11.2 Å². The van der Waals surface area contributed by atoms with Gasteiger partial charge in [-0.05, 0) is 0 Å². The van der Waals surface area contributed by atoms with Gasteiger partial charge in [0.25, 0.3) is 5.56 Å². The van der Waals surface area contributed by atoms with Crippen molar-refractivity contribution in [3.05, 3.63) is 32.7 Å². The molecule has 0 unspecified atom stereocenters. The molecule has 0 fully saturated rings. The van der Waals surface area contributed by atoms with Crippen molar-refractivity contribution in [2.24, 2.45) is 19.3 Å². The van der Waals surface area contributed by atoms with Crippen LogP contribution in [0.1, 0.15) is 5.69 Å². The number of oxime groups is 1. The third-order valence-electron chi connectivity index (χ3n) is 2.46. The van der Waals surface area contributed by atoms with E-state index in [0.717, 1.165) is 4.57 Å². The van der Waals surface area contributed by atoms with Gasteiger partial charge in [-0.3, -0.25) is 13.9 Å². The molecule has 2 rings (SSSR count). The average molecular weight is 249 g/mol. The summed E-state index contributed by atoms with van der Waals surface area (Å²) in [5.41, 5.74) is -0.191. The van der Waals surface area contributed by atoms with Crippen molar-refractivity contribution in [2.75, 3.05) is 7.11 Å². The number of hydrogen-bond donors (Lipinski definition) is 0. The molecule has 0 N–H and O–H groups in total. The van der Waals surface area contributed by atoms with Crippen LogP contribution in [0.5, 0.6) is 0 Å². The minimum absolute atomic E-state index is 0.133. The summed E-state index contributed by atoms with van der Waals surface area (Å²) in [4.78, 5) is 36.2. The molecule has 0 aliphatic carbocycles. The van der Waals surface area contributed by atoms with E-state index in [1.54, 1.807) is 0 Å². The Bertz CT molecular complexity index is 743. The Labute approximate surface area is 101 Å². The van der Waals surface area contributed by atoms with Gasteiger partial charge in [-0.1, -0.05) is 5.16 Å². The molecular formula is C10H11N5O3. The van der Waals surface area contributed by atoms with E-state index in [9.17, 15) is 9.59 Å². The topological polar surface area (TPSA) is 91.4 Å². The zero-order valence-electron chi connectivity index (χ0n) is 10.1. The van der Waals surface area contributed by atoms with Gasteiger partial charge in [-0.2, -0.15) is 0 Å². The van der Waals surface area contributed by atoms with E-state index in [4.69, 9.17) is 0 Å². The van der Waals surface area contributed by atoms with E-state index >= 15 is 0 Å². The highest BCUT2D eigenvalue weighted by Crippen LogP contribution is 2.00. The van der Waals surface area contributed by atoms with Crippen molar-refractivity contribution < 1.29 is 4.84 Å². The summed E-state index contributed by atoms with van der Waals surface area (Å²) in [5, 5.41) is 3.54. The lowest BCUT2D eigenvalue weighted by Gasteiger charge is -2.05. The van der Waals surface area contributed by atoms with E-state index in [1.807, 2.05) is 0 Å². The molecular weight excluding hydrogens is 238 g/mol. The molecule has 0 bridgehead atoms. The van der Waals surface area contributed by atoms with Crippen molar-refractivity contribution in [2.45, 2.75) is 0 Å². The van der Waals surface area contributed by atoms with Crippen LogP contribution in [0.4, 0.5) is 0 Å². The zero-order valence-corrected chi connectivity index (χ0v) is 10.1. The maximum Gasteiger partial charge on any atom is 0.332 e. The summed E-state index contributed by atoms with van der Waals surface area (Å²) in [6, 6.07) is 0. The van der Waals surface area contributed by atoms with Gasteiger partial charge in [0.15, 0.2) is 11.2 Å². The lowest BCUT2D eigenvalue weighted by molar-refractivity contribution is 0.215. The van der Waals surface area contributed by atoms with Gasteiger partial charge in [0.1, 0.15) is 12.8 Å². The van der Waals surface area contributed by atoms with Crippen LogP contribution in [0.3, 0.4) is 0 Å². The third-order valence-corrected chi connectivity index (χ3v) is 2.46. The fourth-order valence-corrected chi connectivity index (χ4v) is 1.51. The summed E-state index contributed by atoms with van der Waals surface area (Å²) >= 11 is 0. The summed E-state index contributed by atoms with van der Waals surface area (Å²) in [6.07, 6.45) is 2.73. The van der Waals surface area contributed by atoms with Crippen LogP contribution in [0.2, 0.25) is 0 Å². The first-order valence-corrected chi connectivity index (χ1v) is 5.05. The lowest BCUT2D eigenvalue weighted by Crippen LogP contribution is -2.37. The normalized spacial score (nSPS) is 11.3. The lowest BCUT2D eigenvalue weighted by atomic mass is 10.4. The molecule has 0 radical (unpaired) electrons. The van der Waals surface area contributed by atoms with Crippen LogP contribution >= 0.6 is 0 Å². The Morgan fingerprint density at radius 1 is 1.33 bits per heavy atom. The second kappa shape index (κ2) is 4.40. The van der Waals surface area contributed by atoms with Gasteiger partial charge in [0.05, 0.1) is 12.4 Å². The summed E-state index contributed by atoms with van der Waals surface area (Å²) in [5.74, 6) is 0. The van der Waals surface area contributed by atoms with Crippen LogP contribution < -0.4 is 11.2 Å². The van der Waals surface area contributed by atoms with Gasteiger partial charge >= 0.3 is 5.69 Å². The molecule has 2 heterocycles. The molecule has 2 aromatic heterocycles. The van der Waals surface area contributed by atoms with Crippen LogP contribution in [-0.2, 0) is 18.9 Å². The van der Waals surface area contributed by atoms with E-state index in [1.165, 1.54) is 38.2 Å². The molecule has 94 valence electrons. The first kappa shape index (κ1) is 12.0. The van der Waals surface area contributed by atoms with Crippen molar-refractivity contribution in [3.8, 4) is 0 Å². The molecule has 0 atom stereocenters. The number of hydrogen-bond acceptors (Lipinski definition) is 6. The largest absolute Gasteiger partial charge is 0.399 e. The maximum atomic E-state index is 11.8. The van der Waals surface area contributed by atoms with E-state index < -0.39 is 11.2 Å². The molecule has 0 spiro atoms. The minimum Gasteiger partial charge on any atom is -0.399 e. The highest BCUT2D eigenvalue weighted by Gasteiger charge is 2.10. The molecule has 0 amide bonds.